The van der Waals surface area contributed by atoms with Crippen molar-refractivity contribution in [2.75, 3.05) is 26.0 Å². The summed E-state index contributed by atoms with van der Waals surface area (Å²) in [6, 6.07) is 12.4. The highest BCUT2D eigenvalue weighted by molar-refractivity contribution is 5.50. The first-order chi connectivity index (χ1) is 9.58. The number of nitrogens with zero attached hydrogens (tertiary/aromatic N) is 1. The maximum absolute atomic E-state index is 13.5. The average molecular weight is 274 g/mol. The number of hydrogen-bond acceptors (Lipinski definition) is 3. The van der Waals surface area contributed by atoms with Gasteiger partial charge in [0, 0.05) is 38.5 Å². The molecule has 0 amide bonds. The second-order valence-electron chi connectivity index (χ2n) is 4.82. The lowest BCUT2D eigenvalue weighted by Crippen LogP contribution is -2.08. The van der Waals surface area contributed by atoms with Crippen molar-refractivity contribution in [3.8, 4) is 11.5 Å². The molecule has 2 aromatic carbocycles. The van der Waals surface area contributed by atoms with Crippen LogP contribution < -0.4 is 15.0 Å². The Morgan fingerprint density at radius 2 is 1.90 bits per heavy atom. The summed E-state index contributed by atoms with van der Waals surface area (Å²) in [5.74, 6) is 0.903. The molecular formula is C16H19FN2O. The molecule has 0 aliphatic rings. The van der Waals surface area contributed by atoms with Crippen LogP contribution in [0.2, 0.25) is 0 Å². The van der Waals surface area contributed by atoms with Crippen LogP contribution in [0.1, 0.15) is 5.56 Å². The molecule has 0 aromatic heterocycles. The van der Waals surface area contributed by atoms with Crippen LogP contribution in [0.4, 0.5) is 10.1 Å². The molecule has 2 rings (SSSR count). The van der Waals surface area contributed by atoms with Crippen molar-refractivity contribution in [2.45, 2.75) is 6.54 Å². The summed E-state index contributed by atoms with van der Waals surface area (Å²) < 4.78 is 19.3. The number of hydrogen-bond donors (Lipinski definition) is 1. The van der Waals surface area contributed by atoms with E-state index in [2.05, 4.69) is 5.32 Å². The minimum atomic E-state index is -0.295. The Labute approximate surface area is 119 Å². The van der Waals surface area contributed by atoms with Crippen LogP contribution in [-0.2, 0) is 6.54 Å². The van der Waals surface area contributed by atoms with Gasteiger partial charge in [-0.15, -0.1) is 0 Å². The molecule has 0 saturated carbocycles. The van der Waals surface area contributed by atoms with E-state index in [1.807, 2.05) is 56.4 Å². The summed E-state index contributed by atoms with van der Waals surface area (Å²) in [7, 11) is 5.75. The van der Waals surface area contributed by atoms with Gasteiger partial charge >= 0.3 is 0 Å². The molecule has 0 unspecified atom stereocenters. The number of halogens is 1. The highest BCUT2D eigenvalue weighted by Gasteiger charge is 2.04. The number of anilines is 1. The van der Waals surface area contributed by atoms with Gasteiger partial charge in [0.05, 0.1) is 0 Å². The number of nitrogens with one attached hydrogen (secondary N) is 1. The van der Waals surface area contributed by atoms with Crippen LogP contribution in [0.3, 0.4) is 0 Å². The minimum absolute atomic E-state index is 0.295. The monoisotopic (exact) mass is 274 g/mol. The molecule has 0 bridgehead atoms. The normalized spacial score (nSPS) is 10.4. The summed E-state index contributed by atoms with van der Waals surface area (Å²) in [6.07, 6.45) is 0. The number of ether oxygens (including phenoxy) is 1. The second kappa shape index (κ2) is 6.39. The van der Waals surface area contributed by atoms with E-state index in [0.29, 0.717) is 18.0 Å². The van der Waals surface area contributed by atoms with Crippen LogP contribution >= 0.6 is 0 Å². The quantitative estimate of drug-likeness (QED) is 0.904. The fourth-order valence-electron chi connectivity index (χ4n) is 1.95. The van der Waals surface area contributed by atoms with Crippen molar-refractivity contribution in [1.29, 1.82) is 0 Å². The molecule has 0 aliphatic carbocycles. The van der Waals surface area contributed by atoms with E-state index in [1.54, 1.807) is 0 Å². The third-order valence-electron chi connectivity index (χ3n) is 2.88. The Morgan fingerprint density at radius 1 is 1.10 bits per heavy atom. The molecule has 0 atom stereocenters. The predicted molar refractivity (Wildman–Crippen MR) is 80.0 cm³/mol. The van der Waals surface area contributed by atoms with Gasteiger partial charge in [0.1, 0.15) is 17.3 Å². The summed E-state index contributed by atoms with van der Waals surface area (Å²) >= 11 is 0. The molecule has 1 N–H and O–H groups in total. The van der Waals surface area contributed by atoms with E-state index in [1.165, 1.54) is 12.1 Å². The van der Waals surface area contributed by atoms with Gasteiger partial charge in [0.25, 0.3) is 0 Å². The first-order valence-corrected chi connectivity index (χ1v) is 6.48. The fourth-order valence-corrected chi connectivity index (χ4v) is 1.95. The third kappa shape index (κ3) is 3.71. The zero-order valence-electron chi connectivity index (χ0n) is 12.0. The molecule has 0 aliphatic heterocycles. The molecule has 0 spiro atoms. The van der Waals surface area contributed by atoms with Crippen molar-refractivity contribution >= 4 is 5.69 Å². The predicted octanol–water partition coefficient (Wildman–Crippen LogP) is 3.40. The zero-order valence-corrected chi connectivity index (χ0v) is 12.0. The van der Waals surface area contributed by atoms with Gasteiger partial charge in [-0.25, -0.2) is 4.39 Å². The molecule has 4 heteroatoms. The van der Waals surface area contributed by atoms with E-state index in [0.717, 1.165) is 11.3 Å². The van der Waals surface area contributed by atoms with Gasteiger partial charge in [0.2, 0.25) is 0 Å². The standard InChI is InChI=1S/C16H19FN2O/c1-18-11-12-7-13(17)9-16(8-12)20-15-6-4-5-14(10-15)19(2)3/h4-10,18H,11H2,1-3H3. The molecule has 20 heavy (non-hydrogen) atoms. The van der Waals surface area contributed by atoms with Crippen molar-refractivity contribution in [3.05, 3.63) is 53.8 Å². The van der Waals surface area contributed by atoms with Gasteiger partial charge in [-0.3, -0.25) is 0 Å². The van der Waals surface area contributed by atoms with Crippen LogP contribution in [0.25, 0.3) is 0 Å². The highest BCUT2D eigenvalue weighted by atomic mass is 19.1. The maximum atomic E-state index is 13.5. The molecular weight excluding hydrogens is 255 g/mol. The summed E-state index contributed by atoms with van der Waals surface area (Å²) in [5.41, 5.74) is 1.89. The van der Waals surface area contributed by atoms with Crippen molar-refractivity contribution < 1.29 is 9.13 Å². The van der Waals surface area contributed by atoms with Gasteiger partial charge in [-0.05, 0) is 36.9 Å². The lowest BCUT2D eigenvalue weighted by molar-refractivity contribution is 0.475. The Hall–Kier alpha value is -2.07. The SMILES string of the molecule is CNCc1cc(F)cc(Oc2cccc(N(C)C)c2)c1. The van der Waals surface area contributed by atoms with E-state index in [-0.39, 0.29) is 5.82 Å². The van der Waals surface area contributed by atoms with Crippen LogP contribution in [-0.4, -0.2) is 21.1 Å². The van der Waals surface area contributed by atoms with Crippen molar-refractivity contribution in [2.24, 2.45) is 0 Å². The smallest absolute Gasteiger partial charge is 0.130 e. The van der Waals surface area contributed by atoms with Crippen molar-refractivity contribution in [1.82, 2.24) is 5.32 Å². The molecule has 0 saturated heterocycles. The second-order valence-corrected chi connectivity index (χ2v) is 4.82. The Balaban J connectivity index is 2.23. The van der Waals surface area contributed by atoms with Crippen molar-refractivity contribution in [3.63, 3.8) is 0 Å². The molecule has 0 fully saturated rings. The first kappa shape index (κ1) is 14.3. The molecule has 3 nitrogen and oxygen atoms in total. The van der Waals surface area contributed by atoms with Crippen LogP contribution in [0, 0.1) is 5.82 Å². The molecule has 106 valence electrons. The van der Waals surface area contributed by atoms with Gasteiger partial charge in [0.15, 0.2) is 0 Å². The zero-order chi connectivity index (χ0) is 14.5. The van der Waals surface area contributed by atoms with E-state index in [9.17, 15) is 4.39 Å². The van der Waals surface area contributed by atoms with Gasteiger partial charge < -0.3 is 15.0 Å². The summed E-state index contributed by atoms with van der Waals surface area (Å²) in [6.45, 7) is 0.603. The van der Waals surface area contributed by atoms with Gasteiger partial charge in [-0.1, -0.05) is 6.07 Å². The maximum Gasteiger partial charge on any atom is 0.130 e. The van der Waals surface area contributed by atoms with E-state index < -0.39 is 0 Å². The lowest BCUT2D eigenvalue weighted by atomic mass is 10.2. The Bertz CT molecular complexity index is 584. The fraction of sp³-hybridized carbons (Fsp3) is 0.250. The van der Waals surface area contributed by atoms with E-state index in [4.69, 9.17) is 4.74 Å². The van der Waals surface area contributed by atoms with Crippen LogP contribution in [0.5, 0.6) is 11.5 Å². The van der Waals surface area contributed by atoms with Gasteiger partial charge in [-0.2, -0.15) is 0 Å². The largest absolute Gasteiger partial charge is 0.457 e. The average Bonchev–Trinajstić information content (AvgIpc) is 2.38. The number of benzene rings is 2. The first-order valence-electron chi connectivity index (χ1n) is 6.48. The summed E-state index contributed by atoms with van der Waals surface area (Å²) in [4.78, 5) is 1.99. The summed E-state index contributed by atoms with van der Waals surface area (Å²) in [5, 5.41) is 3.00. The highest BCUT2D eigenvalue weighted by Crippen LogP contribution is 2.26. The topological polar surface area (TPSA) is 24.5 Å². The van der Waals surface area contributed by atoms with E-state index >= 15 is 0 Å². The third-order valence-corrected chi connectivity index (χ3v) is 2.88. The van der Waals surface area contributed by atoms with Crippen LogP contribution in [0.15, 0.2) is 42.5 Å². The molecule has 0 radical (unpaired) electrons. The minimum Gasteiger partial charge on any atom is -0.457 e. The molecule has 2 aromatic rings. The number of rotatable bonds is 5. The Morgan fingerprint density at radius 3 is 2.60 bits per heavy atom. The lowest BCUT2D eigenvalue weighted by Gasteiger charge is -2.14. The Kier molecular flexibility index (Phi) is 4.58. The molecule has 0 heterocycles.